The quantitative estimate of drug-likeness (QED) is 0.815. The van der Waals surface area contributed by atoms with Gasteiger partial charge in [0.15, 0.2) is 0 Å². The number of sulfonamides is 1. The molecule has 0 aromatic heterocycles. The molecule has 1 fully saturated rings. The molecule has 2 unspecified atom stereocenters. The Bertz CT molecular complexity index is 325. The van der Waals surface area contributed by atoms with Crippen molar-refractivity contribution in [1.29, 1.82) is 0 Å². The summed E-state index contributed by atoms with van der Waals surface area (Å²) in [5.41, 5.74) is 5.87. The highest BCUT2D eigenvalue weighted by Gasteiger charge is 2.30. The second kappa shape index (κ2) is 6.16. The van der Waals surface area contributed by atoms with Crippen molar-refractivity contribution in [2.24, 2.45) is 17.6 Å². The molecule has 0 radical (unpaired) electrons. The number of hydrogen-bond donors (Lipinski definition) is 1. The van der Waals surface area contributed by atoms with Crippen LogP contribution in [0.3, 0.4) is 0 Å². The van der Waals surface area contributed by atoms with Gasteiger partial charge in [0.25, 0.3) is 0 Å². The Morgan fingerprint density at radius 2 is 2.00 bits per heavy atom. The summed E-state index contributed by atoms with van der Waals surface area (Å²) in [6.07, 6.45) is 2.72. The van der Waals surface area contributed by atoms with Gasteiger partial charge in [-0.1, -0.05) is 13.8 Å². The highest BCUT2D eigenvalue weighted by molar-refractivity contribution is 7.89. The molecule has 2 atom stereocenters. The van der Waals surface area contributed by atoms with Crippen LogP contribution >= 0.6 is 0 Å². The van der Waals surface area contributed by atoms with Gasteiger partial charge < -0.3 is 5.73 Å². The molecule has 0 aliphatic carbocycles. The van der Waals surface area contributed by atoms with Crippen molar-refractivity contribution in [2.45, 2.75) is 46.1 Å². The zero-order valence-electron chi connectivity index (χ0n) is 11.2. The van der Waals surface area contributed by atoms with Crippen LogP contribution in [0, 0.1) is 11.8 Å². The molecule has 0 saturated carbocycles. The molecule has 1 rings (SSSR count). The van der Waals surface area contributed by atoms with Crippen LogP contribution in [-0.4, -0.2) is 37.6 Å². The van der Waals surface area contributed by atoms with Crippen LogP contribution in [0.1, 0.15) is 40.0 Å². The van der Waals surface area contributed by atoms with Gasteiger partial charge in [0.2, 0.25) is 10.0 Å². The average molecular weight is 262 g/mol. The summed E-state index contributed by atoms with van der Waals surface area (Å²) < 4.78 is 25.9. The van der Waals surface area contributed by atoms with Gasteiger partial charge in [-0.3, -0.25) is 0 Å². The first-order chi connectivity index (χ1) is 7.83. The maximum Gasteiger partial charge on any atom is 0.214 e. The van der Waals surface area contributed by atoms with Gasteiger partial charge in [-0.15, -0.1) is 0 Å². The number of hydrogen-bond acceptors (Lipinski definition) is 3. The molecule has 102 valence electrons. The van der Waals surface area contributed by atoms with E-state index in [0.717, 1.165) is 19.3 Å². The third kappa shape index (κ3) is 4.56. The first-order valence-electron chi connectivity index (χ1n) is 6.56. The van der Waals surface area contributed by atoms with Crippen molar-refractivity contribution in [3.8, 4) is 0 Å². The summed E-state index contributed by atoms with van der Waals surface area (Å²) in [5.74, 6) is 1.02. The Kier molecular flexibility index (Phi) is 5.41. The van der Waals surface area contributed by atoms with Gasteiger partial charge in [0, 0.05) is 19.1 Å². The van der Waals surface area contributed by atoms with Crippen molar-refractivity contribution in [1.82, 2.24) is 4.31 Å². The highest BCUT2D eigenvalue weighted by Crippen LogP contribution is 2.22. The van der Waals surface area contributed by atoms with E-state index in [1.165, 1.54) is 0 Å². The van der Waals surface area contributed by atoms with Crippen LogP contribution in [0.25, 0.3) is 0 Å². The molecule has 1 aliphatic rings. The lowest BCUT2D eigenvalue weighted by Gasteiger charge is -2.33. The second-order valence-corrected chi connectivity index (χ2v) is 7.71. The monoisotopic (exact) mass is 262 g/mol. The fraction of sp³-hybridized carbons (Fsp3) is 1.00. The van der Waals surface area contributed by atoms with Crippen LogP contribution in [0.4, 0.5) is 0 Å². The lowest BCUT2D eigenvalue weighted by molar-refractivity contribution is 0.243. The minimum absolute atomic E-state index is 0.0816. The van der Waals surface area contributed by atoms with Gasteiger partial charge in [0.05, 0.1) is 5.75 Å². The fourth-order valence-corrected chi connectivity index (χ4v) is 4.02. The van der Waals surface area contributed by atoms with E-state index in [2.05, 4.69) is 13.8 Å². The normalized spacial score (nSPS) is 25.1. The predicted octanol–water partition coefficient (Wildman–Crippen LogP) is 1.42. The fourth-order valence-electron chi connectivity index (χ4n) is 2.17. The molecular weight excluding hydrogens is 236 g/mol. The first kappa shape index (κ1) is 14.9. The molecule has 1 saturated heterocycles. The van der Waals surface area contributed by atoms with Crippen molar-refractivity contribution in [3.05, 3.63) is 0 Å². The van der Waals surface area contributed by atoms with E-state index in [9.17, 15) is 8.42 Å². The van der Waals surface area contributed by atoms with E-state index in [1.807, 2.05) is 6.92 Å². The average Bonchev–Trinajstić information content (AvgIpc) is 2.27. The van der Waals surface area contributed by atoms with Crippen molar-refractivity contribution in [3.63, 3.8) is 0 Å². The van der Waals surface area contributed by atoms with Crippen LogP contribution in [0.2, 0.25) is 0 Å². The molecule has 5 heteroatoms. The van der Waals surface area contributed by atoms with E-state index in [0.29, 0.717) is 24.9 Å². The molecular formula is C12H26N2O2S. The Hall–Kier alpha value is -0.130. The van der Waals surface area contributed by atoms with E-state index in [1.54, 1.807) is 4.31 Å². The molecule has 0 aromatic rings. The predicted molar refractivity (Wildman–Crippen MR) is 71.2 cm³/mol. The number of nitrogens with two attached hydrogens (primary N) is 1. The summed E-state index contributed by atoms with van der Waals surface area (Å²) in [7, 11) is -3.07. The molecule has 0 bridgehead atoms. The Morgan fingerprint density at radius 1 is 1.35 bits per heavy atom. The largest absolute Gasteiger partial charge is 0.328 e. The standard InChI is InChI=1S/C12H26N2O2S/c1-10(2)6-8-17(15,16)14-7-4-5-12(9-14)11(3)13/h10-12H,4-9,13H2,1-3H3. The van der Waals surface area contributed by atoms with Crippen molar-refractivity contribution >= 4 is 10.0 Å². The molecule has 2 N–H and O–H groups in total. The summed E-state index contributed by atoms with van der Waals surface area (Å²) in [5, 5.41) is 0. The van der Waals surface area contributed by atoms with E-state index in [4.69, 9.17) is 5.73 Å². The summed E-state index contributed by atoms with van der Waals surface area (Å²) >= 11 is 0. The molecule has 0 amide bonds. The lowest BCUT2D eigenvalue weighted by Crippen LogP contribution is -2.45. The van der Waals surface area contributed by atoms with E-state index in [-0.39, 0.29) is 11.8 Å². The first-order valence-corrected chi connectivity index (χ1v) is 8.17. The number of piperidine rings is 1. The zero-order chi connectivity index (χ0) is 13.1. The maximum absolute atomic E-state index is 12.1. The summed E-state index contributed by atoms with van der Waals surface area (Å²) in [4.78, 5) is 0. The van der Waals surface area contributed by atoms with Gasteiger partial charge in [-0.25, -0.2) is 12.7 Å². The Morgan fingerprint density at radius 3 is 2.53 bits per heavy atom. The van der Waals surface area contributed by atoms with E-state index >= 15 is 0 Å². The number of nitrogens with zero attached hydrogens (tertiary/aromatic N) is 1. The zero-order valence-corrected chi connectivity index (χ0v) is 12.0. The maximum atomic E-state index is 12.1. The van der Waals surface area contributed by atoms with Crippen molar-refractivity contribution in [2.75, 3.05) is 18.8 Å². The molecule has 1 heterocycles. The molecule has 17 heavy (non-hydrogen) atoms. The summed E-state index contributed by atoms with van der Waals surface area (Å²) in [6.45, 7) is 7.35. The third-order valence-corrected chi connectivity index (χ3v) is 5.38. The Balaban J connectivity index is 2.59. The van der Waals surface area contributed by atoms with Crippen LogP contribution in [0.5, 0.6) is 0 Å². The Labute approximate surface area is 106 Å². The minimum atomic E-state index is -3.07. The van der Waals surface area contributed by atoms with Gasteiger partial charge in [0.1, 0.15) is 0 Å². The van der Waals surface area contributed by atoms with Crippen molar-refractivity contribution < 1.29 is 8.42 Å². The van der Waals surface area contributed by atoms with Crippen LogP contribution in [0.15, 0.2) is 0 Å². The molecule has 0 aromatic carbocycles. The molecule has 4 nitrogen and oxygen atoms in total. The van der Waals surface area contributed by atoms with Gasteiger partial charge in [-0.05, 0) is 38.0 Å². The SMILES string of the molecule is CC(C)CCS(=O)(=O)N1CCCC(C(C)N)C1. The smallest absolute Gasteiger partial charge is 0.214 e. The van der Waals surface area contributed by atoms with Gasteiger partial charge >= 0.3 is 0 Å². The van der Waals surface area contributed by atoms with Crippen LogP contribution in [-0.2, 0) is 10.0 Å². The lowest BCUT2D eigenvalue weighted by atomic mass is 9.93. The third-order valence-electron chi connectivity index (χ3n) is 3.51. The topological polar surface area (TPSA) is 63.4 Å². The molecule has 1 aliphatic heterocycles. The minimum Gasteiger partial charge on any atom is -0.328 e. The summed E-state index contributed by atoms with van der Waals surface area (Å²) in [6, 6.07) is 0.0816. The van der Waals surface area contributed by atoms with Crippen LogP contribution < -0.4 is 5.73 Å². The van der Waals surface area contributed by atoms with Gasteiger partial charge in [-0.2, -0.15) is 0 Å². The second-order valence-electron chi connectivity index (χ2n) is 5.62. The highest BCUT2D eigenvalue weighted by atomic mass is 32.2. The molecule has 0 spiro atoms. The number of rotatable bonds is 5. The van der Waals surface area contributed by atoms with E-state index < -0.39 is 10.0 Å².